The van der Waals surface area contributed by atoms with E-state index in [1.807, 2.05) is 0 Å². The summed E-state index contributed by atoms with van der Waals surface area (Å²) in [6.45, 7) is 1.77. The second-order valence-corrected chi connectivity index (χ2v) is 4.07. The number of rotatable bonds is 2. The van der Waals surface area contributed by atoms with Crippen molar-refractivity contribution in [3.8, 4) is 5.69 Å². The zero-order valence-electron chi connectivity index (χ0n) is 9.99. The Labute approximate surface area is 107 Å². The molecule has 0 saturated heterocycles. The molecule has 100 valence electrons. The predicted molar refractivity (Wildman–Crippen MR) is 64.3 cm³/mol. The molecule has 0 bridgehead atoms. The molecule has 0 radical (unpaired) electrons. The number of nitrogen functional groups attached to an aromatic ring is 1. The third-order valence-corrected chi connectivity index (χ3v) is 2.57. The minimum atomic E-state index is -4.64. The fourth-order valence-corrected chi connectivity index (χ4v) is 1.77. The van der Waals surface area contributed by atoms with Crippen LogP contribution in [0.4, 0.5) is 13.2 Å². The van der Waals surface area contributed by atoms with Crippen LogP contribution >= 0.6 is 0 Å². The van der Waals surface area contributed by atoms with Crippen LogP contribution in [0.3, 0.4) is 0 Å². The van der Waals surface area contributed by atoms with E-state index in [0.717, 1.165) is 16.4 Å². The molecule has 19 heavy (non-hydrogen) atoms. The summed E-state index contributed by atoms with van der Waals surface area (Å²) < 4.78 is 40.0. The number of aryl methyl sites for hydroxylation is 1. The summed E-state index contributed by atoms with van der Waals surface area (Å²) in [5, 5.41) is 10.9. The first kappa shape index (κ1) is 13.1. The lowest BCUT2D eigenvalue weighted by molar-refractivity contribution is -0.142. The maximum absolute atomic E-state index is 13.1. The Hall–Kier alpha value is -2.31. The smallest absolute Gasteiger partial charge is 0.384 e. The number of nitrogens with zero attached hydrogens (tertiary/aromatic N) is 2. The van der Waals surface area contributed by atoms with E-state index in [9.17, 15) is 13.2 Å². The van der Waals surface area contributed by atoms with Crippen LogP contribution in [0.15, 0.2) is 30.5 Å². The van der Waals surface area contributed by atoms with Crippen LogP contribution in [0.2, 0.25) is 0 Å². The van der Waals surface area contributed by atoms with Gasteiger partial charge in [-0.25, -0.2) is 4.68 Å². The maximum atomic E-state index is 13.1. The lowest BCUT2D eigenvalue weighted by atomic mass is 10.2. The molecule has 0 amide bonds. The molecule has 1 aromatic carbocycles. The number of aromatic nitrogens is 2. The molecule has 0 spiro atoms. The van der Waals surface area contributed by atoms with E-state index in [2.05, 4.69) is 5.10 Å². The van der Waals surface area contributed by atoms with Crippen LogP contribution in [-0.2, 0) is 6.18 Å². The third-order valence-electron chi connectivity index (χ3n) is 2.57. The van der Waals surface area contributed by atoms with E-state index < -0.39 is 23.3 Å². The van der Waals surface area contributed by atoms with Crippen molar-refractivity contribution in [2.45, 2.75) is 13.1 Å². The fourth-order valence-electron chi connectivity index (χ4n) is 1.77. The Bertz CT molecular complexity index is 628. The van der Waals surface area contributed by atoms with Crippen LogP contribution in [0.25, 0.3) is 5.69 Å². The van der Waals surface area contributed by atoms with Gasteiger partial charge in [0.1, 0.15) is 5.84 Å². The van der Waals surface area contributed by atoms with E-state index in [-0.39, 0.29) is 5.69 Å². The monoisotopic (exact) mass is 268 g/mol. The highest BCUT2D eigenvalue weighted by atomic mass is 19.4. The lowest BCUT2D eigenvalue weighted by Gasteiger charge is -2.12. The molecule has 0 fully saturated rings. The molecule has 0 aliphatic rings. The summed E-state index contributed by atoms with van der Waals surface area (Å²) in [5.74, 6) is -0.661. The average molecular weight is 268 g/mol. The molecular formula is C12H11F3N4. The SMILES string of the molecule is Cc1cccc(-n2ncc(C(=N)N)c2C(F)(F)F)c1. The molecule has 7 heteroatoms. The number of alkyl halides is 3. The molecule has 4 nitrogen and oxygen atoms in total. The summed E-state index contributed by atoms with van der Waals surface area (Å²) in [6, 6.07) is 6.50. The Morgan fingerprint density at radius 3 is 2.58 bits per heavy atom. The Kier molecular flexibility index (Phi) is 3.05. The summed E-state index contributed by atoms with van der Waals surface area (Å²) in [6.07, 6.45) is -3.69. The van der Waals surface area contributed by atoms with Crippen LogP contribution in [-0.4, -0.2) is 15.6 Å². The normalized spacial score (nSPS) is 11.6. The van der Waals surface area contributed by atoms with Gasteiger partial charge in [0, 0.05) is 0 Å². The van der Waals surface area contributed by atoms with Crippen molar-refractivity contribution in [1.82, 2.24) is 9.78 Å². The number of benzene rings is 1. The number of hydrogen-bond acceptors (Lipinski definition) is 2. The second kappa shape index (κ2) is 4.42. The van der Waals surface area contributed by atoms with Gasteiger partial charge in [0.05, 0.1) is 17.4 Å². The molecule has 0 aliphatic carbocycles. The lowest BCUT2D eigenvalue weighted by Crippen LogP contribution is -2.20. The Balaban J connectivity index is 2.68. The molecule has 2 rings (SSSR count). The van der Waals surface area contributed by atoms with E-state index in [4.69, 9.17) is 11.1 Å². The second-order valence-electron chi connectivity index (χ2n) is 4.07. The van der Waals surface area contributed by atoms with Gasteiger partial charge in [-0.2, -0.15) is 18.3 Å². The zero-order valence-corrected chi connectivity index (χ0v) is 9.99. The van der Waals surface area contributed by atoms with Crippen molar-refractivity contribution in [2.75, 3.05) is 0 Å². The summed E-state index contributed by atoms with van der Waals surface area (Å²) in [7, 11) is 0. The van der Waals surface area contributed by atoms with Gasteiger partial charge >= 0.3 is 6.18 Å². The topological polar surface area (TPSA) is 67.7 Å². The predicted octanol–water partition coefficient (Wildman–Crippen LogP) is 2.48. The van der Waals surface area contributed by atoms with Gasteiger partial charge in [0.2, 0.25) is 0 Å². The molecule has 3 N–H and O–H groups in total. The maximum Gasteiger partial charge on any atom is 0.434 e. The first-order chi connectivity index (χ1) is 8.80. The minimum Gasteiger partial charge on any atom is -0.384 e. The number of amidine groups is 1. The van der Waals surface area contributed by atoms with Crippen molar-refractivity contribution >= 4 is 5.84 Å². The molecule has 0 saturated carbocycles. The standard InChI is InChI=1S/C12H11F3N4/c1-7-3-2-4-8(5-7)19-10(12(13,14)15)9(6-18-19)11(16)17/h2-6H,1H3,(H3,16,17). The first-order valence-corrected chi connectivity index (χ1v) is 5.37. The molecule has 0 aliphatic heterocycles. The van der Waals surface area contributed by atoms with Crippen LogP contribution in [0.5, 0.6) is 0 Å². The van der Waals surface area contributed by atoms with Crippen LogP contribution in [0.1, 0.15) is 16.8 Å². The Morgan fingerprint density at radius 2 is 2.05 bits per heavy atom. The number of halogens is 3. The van der Waals surface area contributed by atoms with E-state index in [1.165, 1.54) is 6.07 Å². The molecule has 2 aromatic rings. The van der Waals surface area contributed by atoms with E-state index in [1.54, 1.807) is 25.1 Å². The van der Waals surface area contributed by atoms with E-state index in [0.29, 0.717) is 0 Å². The summed E-state index contributed by atoms with van der Waals surface area (Å²) in [5.41, 5.74) is 4.79. The summed E-state index contributed by atoms with van der Waals surface area (Å²) in [4.78, 5) is 0. The van der Waals surface area contributed by atoms with Gasteiger partial charge < -0.3 is 5.73 Å². The van der Waals surface area contributed by atoms with E-state index >= 15 is 0 Å². The molecule has 1 aromatic heterocycles. The number of nitrogens with two attached hydrogens (primary N) is 1. The van der Waals surface area contributed by atoms with Gasteiger partial charge in [-0.3, -0.25) is 5.41 Å². The quantitative estimate of drug-likeness (QED) is 0.649. The van der Waals surface area contributed by atoms with Crippen LogP contribution < -0.4 is 5.73 Å². The molecular weight excluding hydrogens is 257 g/mol. The highest BCUT2D eigenvalue weighted by Crippen LogP contribution is 2.33. The van der Waals surface area contributed by atoms with Crippen molar-refractivity contribution in [3.05, 3.63) is 47.3 Å². The summed E-state index contributed by atoms with van der Waals surface area (Å²) >= 11 is 0. The number of hydrogen-bond donors (Lipinski definition) is 2. The van der Waals surface area contributed by atoms with Crippen molar-refractivity contribution < 1.29 is 13.2 Å². The highest BCUT2D eigenvalue weighted by Gasteiger charge is 2.39. The zero-order chi connectivity index (χ0) is 14.2. The van der Waals surface area contributed by atoms with Gasteiger partial charge in [0.15, 0.2) is 5.69 Å². The molecule has 0 atom stereocenters. The molecule has 0 unspecified atom stereocenters. The Morgan fingerprint density at radius 1 is 1.37 bits per heavy atom. The first-order valence-electron chi connectivity index (χ1n) is 5.37. The molecule has 1 heterocycles. The van der Waals surface area contributed by atoms with Crippen molar-refractivity contribution in [3.63, 3.8) is 0 Å². The highest BCUT2D eigenvalue weighted by molar-refractivity contribution is 5.96. The van der Waals surface area contributed by atoms with Crippen LogP contribution in [0, 0.1) is 12.3 Å². The fraction of sp³-hybridized carbons (Fsp3) is 0.167. The van der Waals surface area contributed by atoms with Crippen molar-refractivity contribution in [1.29, 1.82) is 5.41 Å². The van der Waals surface area contributed by atoms with Crippen molar-refractivity contribution in [2.24, 2.45) is 5.73 Å². The third kappa shape index (κ3) is 2.44. The van der Waals surface area contributed by atoms with Gasteiger partial charge in [-0.05, 0) is 24.6 Å². The van der Waals surface area contributed by atoms with Gasteiger partial charge in [0.25, 0.3) is 0 Å². The minimum absolute atomic E-state index is 0.278. The van der Waals surface area contributed by atoms with Gasteiger partial charge in [-0.1, -0.05) is 12.1 Å². The number of nitrogens with one attached hydrogen (secondary N) is 1. The van der Waals surface area contributed by atoms with Gasteiger partial charge in [-0.15, -0.1) is 0 Å². The average Bonchev–Trinajstić information content (AvgIpc) is 2.73. The largest absolute Gasteiger partial charge is 0.434 e.